The first kappa shape index (κ1) is 13.1. The van der Waals surface area contributed by atoms with E-state index < -0.39 is 0 Å². The molecule has 1 unspecified atom stereocenters. The summed E-state index contributed by atoms with van der Waals surface area (Å²) in [5.41, 5.74) is 0.581. The van der Waals surface area contributed by atoms with Crippen molar-refractivity contribution < 1.29 is 4.79 Å². The average molecular weight is 259 g/mol. The average Bonchev–Trinajstić information content (AvgIpc) is 2.92. The first-order valence-corrected chi connectivity index (χ1v) is 6.01. The molecule has 0 saturated carbocycles. The second kappa shape index (κ2) is 5.51. The topological polar surface area (TPSA) is 73.9 Å². The maximum absolute atomic E-state index is 12.1. The Morgan fingerprint density at radius 2 is 2.16 bits per heavy atom. The number of hydrogen-bond acceptors (Lipinski definition) is 4. The van der Waals surface area contributed by atoms with E-state index >= 15 is 0 Å². The molecular formula is C13H17N5O. The number of carbonyl (C=O) groups is 1. The summed E-state index contributed by atoms with van der Waals surface area (Å²) in [6, 6.07) is 3.28. The van der Waals surface area contributed by atoms with Crippen molar-refractivity contribution in [2.75, 3.05) is 19.0 Å². The van der Waals surface area contributed by atoms with Crippen molar-refractivity contribution in [2.45, 2.75) is 13.0 Å². The number of nitrogens with zero attached hydrogens (tertiary/aromatic N) is 3. The molecule has 0 spiro atoms. The summed E-state index contributed by atoms with van der Waals surface area (Å²) in [7, 11) is 3.77. The Labute approximate surface area is 111 Å². The van der Waals surface area contributed by atoms with E-state index in [4.69, 9.17) is 0 Å². The second-order valence-corrected chi connectivity index (χ2v) is 4.47. The summed E-state index contributed by atoms with van der Waals surface area (Å²) >= 11 is 0. The zero-order valence-electron chi connectivity index (χ0n) is 11.2. The highest BCUT2D eigenvalue weighted by Crippen LogP contribution is 2.11. The van der Waals surface area contributed by atoms with Crippen molar-refractivity contribution in [3.8, 4) is 0 Å². The first-order valence-electron chi connectivity index (χ1n) is 6.01. The van der Waals surface area contributed by atoms with Gasteiger partial charge in [0.2, 0.25) is 0 Å². The zero-order valence-corrected chi connectivity index (χ0v) is 11.2. The van der Waals surface area contributed by atoms with Gasteiger partial charge in [0.15, 0.2) is 0 Å². The van der Waals surface area contributed by atoms with Gasteiger partial charge in [0, 0.05) is 38.2 Å². The SMILES string of the molecule is CC(NC(=O)c1ccnc(N(C)C)c1)c1ncc[nH]1. The lowest BCUT2D eigenvalue weighted by Gasteiger charge is -2.14. The summed E-state index contributed by atoms with van der Waals surface area (Å²) in [5.74, 6) is 1.34. The minimum absolute atomic E-state index is 0.144. The Morgan fingerprint density at radius 3 is 2.79 bits per heavy atom. The fourth-order valence-electron chi connectivity index (χ4n) is 1.67. The minimum atomic E-state index is -0.168. The zero-order chi connectivity index (χ0) is 13.8. The lowest BCUT2D eigenvalue weighted by molar-refractivity contribution is 0.0938. The molecule has 2 N–H and O–H groups in total. The molecular weight excluding hydrogens is 242 g/mol. The van der Waals surface area contributed by atoms with Crippen LogP contribution < -0.4 is 10.2 Å². The summed E-state index contributed by atoms with van der Waals surface area (Å²) in [6.45, 7) is 1.88. The summed E-state index contributed by atoms with van der Waals surface area (Å²) < 4.78 is 0. The van der Waals surface area contributed by atoms with Crippen LogP contribution in [0, 0.1) is 0 Å². The second-order valence-electron chi connectivity index (χ2n) is 4.47. The molecule has 0 aliphatic carbocycles. The third-order valence-corrected chi connectivity index (χ3v) is 2.74. The molecule has 0 fully saturated rings. The molecule has 1 amide bonds. The molecule has 0 aliphatic rings. The van der Waals surface area contributed by atoms with Gasteiger partial charge in [0.25, 0.3) is 5.91 Å². The predicted octanol–water partition coefficient (Wildman–Crippen LogP) is 1.36. The summed E-state index contributed by atoms with van der Waals surface area (Å²) in [6.07, 6.45) is 5.02. The molecule has 0 aromatic carbocycles. The molecule has 6 nitrogen and oxygen atoms in total. The first-order chi connectivity index (χ1) is 9.08. The number of aromatic amines is 1. The van der Waals surface area contributed by atoms with Crippen LogP contribution >= 0.6 is 0 Å². The van der Waals surface area contributed by atoms with E-state index in [9.17, 15) is 4.79 Å². The van der Waals surface area contributed by atoms with Gasteiger partial charge in [-0.2, -0.15) is 0 Å². The number of amides is 1. The van der Waals surface area contributed by atoms with Crippen LogP contribution in [0.3, 0.4) is 0 Å². The highest BCUT2D eigenvalue weighted by Gasteiger charge is 2.13. The van der Waals surface area contributed by atoms with Gasteiger partial charge >= 0.3 is 0 Å². The van der Waals surface area contributed by atoms with E-state index in [2.05, 4.69) is 20.3 Å². The molecule has 19 heavy (non-hydrogen) atoms. The van der Waals surface area contributed by atoms with Gasteiger partial charge in [0.1, 0.15) is 11.6 Å². The quantitative estimate of drug-likeness (QED) is 0.869. The third kappa shape index (κ3) is 3.09. The molecule has 0 saturated heterocycles. The molecule has 100 valence electrons. The molecule has 6 heteroatoms. The Kier molecular flexibility index (Phi) is 3.79. The van der Waals surface area contributed by atoms with Crippen molar-refractivity contribution >= 4 is 11.7 Å². The van der Waals surface area contributed by atoms with E-state index in [0.717, 1.165) is 11.6 Å². The van der Waals surface area contributed by atoms with Gasteiger partial charge in [-0.15, -0.1) is 0 Å². The number of carbonyl (C=O) groups excluding carboxylic acids is 1. The van der Waals surface area contributed by atoms with Crippen LogP contribution in [0.2, 0.25) is 0 Å². The minimum Gasteiger partial charge on any atom is -0.363 e. The standard InChI is InChI=1S/C13H17N5O/c1-9(12-15-6-7-16-12)17-13(19)10-4-5-14-11(8-10)18(2)3/h4-9H,1-3H3,(H,15,16)(H,17,19). The fourth-order valence-corrected chi connectivity index (χ4v) is 1.67. The van der Waals surface area contributed by atoms with Gasteiger partial charge in [0.05, 0.1) is 6.04 Å². The van der Waals surface area contributed by atoms with E-state index in [1.54, 1.807) is 30.7 Å². The maximum atomic E-state index is 12.1. The highest BCUT2D eigenvalue weighted by atomic mass is 16.1. The van der Waals surface area contributed by atoms with E-state index in [-0.39, 0.29) is 11.9 Å². The molecule has 2 aromatic rings. The molecule has 2 heterocycles. The van der Waals surface area contributed by atoms with Gasteiger partial charge < -0.3 is 15.2 Å². The van der Waals surface area contributed by atoms with Crippen LogP contribution in [-0.4, -0.2) is 35.0 Å². The number of H-pyrrole nitrogens is 1. The van der Waals surface area contributed by atoms with E-state index in [1.807, 2.05) is 25.9 Å². The van der Waals surface area contributed by atoms with Crippen LogP contribution in [0.4, 0.5) is 5.82 Å². The van der Waals surface area contributed by atoms with Crippen molar-refractivity contribution in [2.24, 2.45) is 0 Å². The number of anilines is 1. The monoisotopic (exact) mass is 259 g/mol. The Hall–Kier alpha value is -2.37. The number of rotatable bonds is 4. The van der Waals surface area contributed by atoms with Crippen LogP contribution in [0.25, 0.3) is 0 Å². The predicted molar refractivity (Wildman–Crippen MR) is 73.0 cm³/mol. The molecule has 0 bridgehead atoms. The largest absolute Gasteiger partial charge is 0.363 e. The Morgan fingerprint density at radius 1 is 1.37 bits per heavy atom. The lowest BCUT2D eigenvalue weighted by Crippen LogP contribution is -2.27. The molecule has 1 atom stereocenters. The van der Waals surface area contributed by atoms with Crippen LogP contribution in [0.15, 0.2) is 30.7 Å². The summed E-state index contributed by atoms with van der Waals surface area (Å²) in [5, 5.41) is 2.89. The number of pyridine rings is 1. The van der Waals surface area contributed by atoms with E-state index in [1.165, 1.54) is 0 Å². The van der Waals surface area contributed by atoms with Crippen molar-refractivity contribution in [3.05, 3.63) is 42.1 Å². The van der Waals surface area contributed by atoms with Crippen molar-refractivity contribution in [1.82, 2.24) is 20.3 Å². The van der Waals surface area contributed by atoms with Crippen LogP contribution in [-0.2, 0) is 0 Å². The Bertz CT molecular complexity index is 550. The van der Waals surface area contributed by atoms with Crippen molar-refractivity contribution in [1.29, 1.82) is 0 Å². The fraction of sp³-hybridized carbons (Fsp3) is 0.308. The van der Waals surface area contributed by atoms with Gasteiger partial charge in [-0.3, -0.25) is 4.79 Å². The Balaban J connectivity index is 2.10. The summed E-state index contributed by atoms with van der Waals surface area (Å²) in [4.78, 5) is 25.3. The lowest BCUT2D eigenvalue weighted by atomic mass is 10.2. The molecule has 2 aromatic heterocycles. The third-order valence-electron chi connectivity index (χ3n) is 2.74. The maximum Gasteiger partial charge on any atom is 0.252 e. The molecule has 0 aliphatic heterocycles. The number of hydrogen-bond donors (Lipinski definition) is 2. The smallest absolute Gasteiger partial charge is 0.252 e. The molecule has 2 rings (SSSR count). The van der Waals surface area contributed by atoms with Crippen LogP contribution in [0.1, 0.15) is 29.1 Å². The molecule has 0 radical (unpaired) electrons. The van der Waals surface area contributed by atoms with Crippen LogP contribution in [0.5, 0.6) is 0 Å². The van der Waals surface area contributed by atoms with Gasteiger partial charge in [-0.25, -0.2) is 9.97 Å². The normalized spacial score (nSPS) is 11.9. The van der Waals surface area contributed by atoms with Gasteiger partial charge in [-0.05, 0) is 19.1 Å². The van der Waals surface area contributed by atoms with Gasteiger partial charge in [-0.1, -0.05) is 0 Å². The number of nitrogens with one attached hydrogen (secondary N) is 2. The number of aromatic nitrogens is 3. The number of imidazole rings is 1. The van der Waals surface area contributed by atoms with Crippen molar-refractivity contribution in [3.63, 3.8) is 0 Å². The highest BCUT2D eigenvalue weighted by molar-refractivity contribution is 5.95. The van der Waals surface area contributed by atoms with E-state index in [0.29, 0.717) is 5.56 Å².